The molecule has 0 aliphatic rings. The van der Waals surface area contributed by atoms with Crippen LogP contribution in [0, 0.1) is 6.92 Å². The lowest BCUT2D eigenvalue weighted by molar-refractivity contribution is 0.0472. The van der Waals surface area contributed by atoms with Gasteiger partial charge in [0.15, 0.2) is 0 Å². The third-order valence-electron chi connectivity index (χ3n) is 2.35. The zero-order chi connectivity index (χ0) is 13.8. The van der Waals surface area contributed by atoms with Crippen molar-refractivity contribution in [2.24, 2.45) is 0 Å². The van der Waals surface area contributed by atoms with Gasteiger partial charge in [0, 0.05) is 0 Å². The predicted octanol–water partition coefficient (Wildman–Crippen LogP) is 3.45. The second-order valence-corrected chi connectivity index (χ2v) is 4.51. The van der Waals surface area contributed by atoms with Crippen LogP contribution in [-0.4, -0.2) is 15.9 Å². The normalized spacial score (nSPS) is 10.3. The molecule has 0 atom stereocenters. The largest absolute Gasteiger partial charge is 0.457 e. The molecule has 0 bridgehead atoms. The van der Waals surface area contributed by atoms with E-state index in [4.69, 9.17) is 27.9 Å². The second kappa shape index (κ2) is 5.99. The van der Waals surface area contributed by atoms with Gasteiger partial charge in [0.1, 0.15) is 28.3 Å². The van der Waals surface area contributed by atoms with Gasteiger partial charge >= 0.3 is 5.97 Å². The van der Waals surface area contributed by atoms with Gasteiger partial charge in [-0.05, 0) is 12.5 Å². The first-order chi connectivity index (χ1) is 9.08. The average Bonchev–Trinajstić information content (AvgIpc) is 2.36. The number of esters is 1. The second-order valence-electron chi connectivity index (χ2n) is 3.79. The van der Waals surface area contributed by atoms with Gasteiger partial charge in [0.25, 0.3) is 0 Å². The summed E-state index contributed by atoms with van der Waals surface area (Å²) in [6.45, 7) is 1.77. The van der Waals surface area contributed by atoms with Crippen molar-refractivity contribution in [2.45, 2.75) is 13.5 Å². The molecule has 0 spiro atoms. The van der Waals surface area contributed by atoms with E-state index in [2.05, 4.69) is 9.97 Å². The maximum absolute atomic E-state index is 11.9. The van der Waals surface area contributed by atoms with Crippen molar-refractivity contribution >= 4 is 29.2 Å². The Kier molecular flexibility index (Phi) is 4.35. The number of rotatable bonds is 3. The number of nitrogens with zero attached hydrogens (tertiary/aromatic N) is 2. The van der Waals surface area contributed by atoms with Crippen molar-refractivity contribution in [3.05, 3.63) is 57.6 Å². The Hall–Kier alpha value is -1.65. The van der Waals surface area contributed by atoms with E-state index in [0.717, 1.165) is 5.56 Å². The molecule has 4 nitrogen and oxygen atoms in total. The van der Waals surface area contributed by atoms with E-state index in [-0.39, 0.29) is 22.5 Å². The zero-order valence-electron chi connectivity index (χ0n) is 10.1. The van der Waals surface area contributed by atoms with Crippen LogP contribution in [0.2, 0.25) is 10.3 Å². The summed E-state index contributed by atoms with van der Waals surface area (Å²) >= 11 is 11.8. The van der Waals surface area contributed by atoms with Gasteiger partial charge in [-0.3, -0.25) is 0 Å². The van der Waals surface area contributed by atoms with Gasteiger partial charge in [-0.15, -0.1) is 0 Å². The molecular formula is C13H10Cl2N2O2. The van der Waals surface area contributed by atoms with Crippen LogP contribution < -0.4 is 0 Å². The number of halogens is 2. The van der Waals surface area contributed by atoms with Crippen LogP contribution >= 0.6 is 23.2 Å². The number of hydrogen-bond acceptors (Lipinski definition) is 4. The van der Waals surface area contributed by atoms with E-state index < -0.39 is 5.97 Å². The smallest absolute Gasteiger partial charge is 0.344 e. The first-order valence-electron chi connectivity index (χ1n) is 5.48. The Morgan fingerprint density at radius 1 is 1.16 bits per heavy atom. The lowest BCUT2D eigenvalue weighted by Gasteiger charge is -2.07. The van der Waals surface area contributed by atoms with Gasteiger partial charge in [-0.1, -0.05) is 53.5 Å². The fraction of sp³-hybridized carbons (Fsp3) is 0.154. The van der Waals surface area contributed by atoms with E-state index in [0.29, 0.717) is 5.82 Å². The van der Waals surface area contributed by atoms with E-state index in [1.54, 1.807) is 6.92 Å². The van der Waals surface area contributed by atoms with Crippen LogP contribution in [0.25, 0.3) is 0 Å². The summed E-state index contributed by atoms with van der Waals surface area (Å²) in [5.41, 5.74) is 0.862. The third kappa shape index (κ3) is 3.43. The first-order valence-corrected chi connectivity index (χ1v) is 6.24. The Balaban J connectivity index is 2.13. The summed E-state index contributed by atoms with van der Waals surface area (Å²) in [7, 11) is 0. The zero-order valence-corrected chi connectivity index (χ0v) is 11.6. The number of aryl methyl sites for hydroxylation is 1. The molecule has 0 saturated heterocycles. The molecule has 0 saturated carbocycles. The maximum atomic E-state index is 11.9. The number of carbonyl (C=O) groups excluding carboxylic acids is 1. The Labute approximate surface area is 120 Å². The van der Waals surface area contributed by atoms with E-state index in [1.807, 2.05) is 30.3 Å². The SMILES string of the molecule is Cc1nc(Cl)c(C(=O)OCc2ccccc2)c(Cl)n1. The molecule has 2 rings (SSSR count). The quantitative estimate of drug-likeness (QED) is 0.643. The molecule has 0 aliphatic heterocycles. The molecule has 6 heteroatoms. The molecular weight excluding hydrogens is 287 g/mol. The van der Waals surface area contributed by atoms with Gasteiger partial charge < -0.3 is 4.74 Å². The summed E-state index contributed by atoms with van der Waals surface area (Å²) < 4.78 is 5.13. The van der Waals surface area contributed by atoms with Crippen molar-refractivity contribution in [1.29, 1.82) is 0 Å². The third-order valence-corrected chi connectivity index (χ3v) is 2.90. The predicted molar refractivity (Wildman–Crippen MR) is 72.4 cm³/mol. The van der Waals surface area contributed by atoms with Crippen LogP contribution in [-0.2, 0) is 11.3 Å². The lowest BCUT2D eigenvalue weighted by atomic mass is 10.2. The molecule has 1 aromatic heterocycles. The number of carbonyl (C=O) groups is 1. The van der Waals surface area contributed by atoms with Crippen LogP contribution in [0.15, 0.2) is 30.3 Å². The molecule has 0 N–H and O–H groups in total. The van der Waals surface area contributed by atoms with Crippen molar-refractivity contribution in [2.75, 3.05) is 0 Å². The van der Waals surface area contributed by atoms with Gasteiger partial charge in [0.05, 0.1) is 0 Å². The highest BCUT2D eigenvalue weighted by Crippen LogP contribution is 2.22. The van der Waals surface area contributed by atoms with Crippen molar-refractivity contribution < 1.29 is 9.53 Å². The van der Waals surface area contributed by atoms with Crippen LogP contribution in [0.1, 0.15) is 21.7 Å². The average molecular weight is 297 g/mol. The molecule has 0 unspecified atom stereocenters. The molecule has 2 aromatic rings. The van der Waals surface area contributed by atoms with E-state index in [9.17, 15) is 4.79 Å². The highest BCUT2D eigenvalue weighted by atomic mass is 35.5. The van der Waals surface area contributed by atoms with E-state index >= 15 is 0 Å². The summed E-state index contributed by atoms with van der Waals surface area (Å²) in [6, 6.07) is 9.30. The number of aromatic nitrogens is 2. The molecule has 1 heterocycles. The minimum absolute atomic E-state index is 0.00411. The van der Waals surface area contributed by atoms with Crippen LogP contribution in [0.4, 0.5) is 0 Å². The molecule has 0 radical (unpaired) electrons. The van der Waals surface area contributed by atoms with E-state index in [1.165, 1.54) is 0 Å². The van der Waals surface area contributed by atoms with Gasteiger partial charge in [-0.2, -0.15) is 0 Å². The topological polar surface area (TPSA) is 52.1 Å². The fourth-order valence-electron chi connectivity index (χ4n) is 1.47. The highest BCUT2D eigenvalue weighted by Gasteiger charge is 2.19. The lowest BCUT2D eigenvalue weighted by Crippen LogP contribution is -2.09. The first kappa shape index (κ1) is 13.8. The number of ether oxygens (including phenoxy) is 1. The van der Waals surface area contributed by atoms with Crippen molar-refractivity contribution in [1.82, 2.24) is 9.97 Å². The molecule has 0 fully saturated rings. The standard InChI is InChI=1S/C13H10Cl2N2O2/c1-8-16-11(14)10(12(15)17-8)13(18)19-7-9-5-3-2-4-6-9/h2-6H,7H2,1H3. The van der Waals surface area contributed by atoms with Crippen molar-refractivity contribution in [3.63, 3.8) is 0 Å². The minimum atomic E-state index is -0.640. The van der Waals surface area contributed by atoms with Crippen LogP contribution in [0.3, 0.4) is 0 Å². The molecule has 98 valence electrons. The summed E-state index contributed by atoms with van der Waals surface area (Å²) in [5.74, 6) is -0.242. The summed E-state index contributed by atoms with van der Waals surface area (Å²) in [6.07, 6.45) is 0. The Morgan fingerprint density at radius 2 is 1.74 bits per heavy atom. The summed E-state index contributed by atoms with van der Waals surface area (Å²) in [4.78, 5) is 19.7. The summed E-state index contributed by atoms with van der Waals surface area (Å²) in [5, 5.41) is -0.00822. The van der Waals surface area contributed by atoms with Gasteiger partial charge in [-0.25, -0.2) is 14.8 Å². The Bertz CT molecular complexity index is 580. The minimum Gasteiger partial charge on any atom is -0.457 e. The fourth-order valence-corrected chi connectivity index (χ4v) is 2.10. The maximum Gasteiger partial charge on any atom is 0.344 e. The monoisotopic (exact) mass is 296 g/mol. The molecule has 19 heavy (non-hydrogen) atoms. The van der Waals surface area contributed by atoms with Gasteiger partial charge in [0.2, 0.25) is 0 Å². The molecule has 1 aromatic carbocycles. The Morgan fingerprint density at radius 3 is 2.32 bits per heavy atom. The van der Waals surface area contributed by atoms with Crippen molar-refractivity contribution in [3.8, 4) is 0 Å². The number of benzene rings is 1. The number of hydrogen-bond donors (Lipinski definition) is 0. The molecule has 0 aliphatic carbocycles. The van der Waals surface area contributed by atoms with Crippen LogP contribution in [0.5, 0.6) is 0 Å². The molecule has 0 amide bonds. The highest BCUT2D eigenvalue weighted by molar-refractivity contribution is 6.37.